The van der Waals surface area contributed by atoms with Gasteiger partial charge in [0.05, 0.1) is 12.3 Å². The lowest BCUT2D eigenvalue weighted by Gasteiger charge is -1.98. The number of hydrogen-bond acceptors (Lipinski definition) is 3. The Morgan fingerprint density at radius 1 is 1.92 bits per heavy atom. The first-order valence-electron chi connectivity index (χ1n) is 3.41. The van der Waals surface area contributed by atoms with Crippen molar-refractivity contribution in [2.75, 3.05) is 5.32 Å². The average Bonchev–Trinajstić information content (AvgIpc) is 2.37. The third kappa shape index (κ3) is 1.83. The molecule has 0 saturated heterocycles. The summed E-state index contributed by atoms with van der Waals surface area (Å²) in [6.45, 7) is 1.81. The maximum atomic E-state index is 10.9. The van der Waals surface area contributed by atoms with Gasteiger partial charge in [0.2, 0.25) is 5.91 Å². The Morgan fingerprint density at radius 2 is 2.67 bits per heavy atom. The van der Waals surface area contributed by atoms with Gasteiger partial charge in [-0.15, -0.1) is 0 Å². The highest BCUT2D eigenvalue weighted by Gasteiger charge is 2.04. The summed E-state index contributed by atoms with van der Waals surface area (Å²) in [6, 6.07) is 1.75. The molecule has 1 rings (SSSR count). The van der Waals surface area contributed by atoms with E-state index in [0.29, 0.717) is 5.82 Å². The number of anilines is 1. The summed E-state index contributed by atoms with van der Waals surface area (Å²) in [5.74, 6) is 0.222. The smallest absolute Gasteiger partial charge is 0.239 e. The molecule has 5 nitrogen and oxygen atoms in total. The molecule has 0 fully saturated rings. The van der Waals surface area contributed by atoms with Gasteiger partial charge in [-0.1, -0.05) is 0 Å². The number of carbonyl (C=O) groups is 1. The summed E-state index contributed by atoms with van der Waals surface area (Å²) in [5.41, 5.74) is 0.848. The van der Waals surface area contributed by atoms with Crippen molar-refractivity contribution >= 4 is 11.7 Å². The largest absolute Gasteiger partial charge is 0.310 e. The average molecular weight is 164 g/mol. The van der Waals surface area contributed by atoms with Gasteiger partial charge >= 0.3 is 0 Å². The number of amides is 1. The van der Waals surface area contributed by atoms with E-state index in [9.17, 15) is 4.79 Å². The number of rotatable bonds is 2. The lowest BCUT2D eigenvalue weighted by atomic mass is 10.3. The van der Waals surface area contributed by atoms with E-state index in [1.54, 1.807) is 12.3 Å². The molecule has 0 atom stereocenters. The molecular weight excluding hydrogens is 156 g/mol. The molecule has 0 aromatic carbocycles. The minimum atomic E-state index is -0.329. The van der Waals surface area contributed by atoms with Gasteiger partial charge in [-0.25, -0.2) is 0 Å². The molecule has 0 aliphatic heterocycles. The second kappa shape index (κ2) is 3.53. The summed E-state index contributed by atoms with van der Waals surface area (Å²) >= 11 is 0. The molecular formula is C7H8N4O. The Hall–Kier alpha value is -1.83. The third-order valence-corrected chi connectivity index (χ3v) is 1.33. The molecule has 0 unspecified atom stereocenters. The molecule has 0 saturated carbocycles. The molecule has 0 radical (unpaired) electrons. The van der Waals surface area contributed by atoms with Crippen LogP contribution < -0.4 is 5.32 Å². The van der Waals surface area contributed by atoms with E-state index in [-0.39, 0.29) is 12.3 Å². The molecule has 1 aromatic rings. The summed E-state index contributed by atoms with van der Waals surface area (Å²) in [6.07, 6.45) is 1.46. The van der Waals surface area contributed by atoms with Crippen LogP contribution in [-0.2, 0) is 4.79 Å². The zero-order valence-corrected chi connectivity index (χ0v) is 6.59. The topological polar surface area (TPSA) is 81.6 Å². The van der Waals surface area contributed by atoms with Crippen LogP contribution in [0.15, 0.2) is 6.20 Å². The normalized spacial score (nSPS) is 9.00. The maximum absolute atomic E-state index is 10.9. The van der Waals surface area contributed by atoms with Crippen LogP contribution in [0.1, 0.15) is 12.0 Å². The van der Waals surface area contributed by atoms with Crippen molar-refractivity contribution in [2.45, 2.75) is 13.3 Å². The van der Waals surface area contributed by atoms with Gasteiger partial charge in [-0.3, -0.25) is 9.89 Å². The molecule has 1 heterocycles. The molecule has 62 valence electrons. The second-order valence-electron chi connectivity index (χ2n) is 2.31. The number of carbonyl (C=O) groups excluding carboxylic acids is 1. The van der Waals surface area contributed by atoms with E-state index >= 15 is 0 Å². The van der Waals surface area contributed by atoms with Gasteiger partial charge in [-0.05, 0) is 6.92 Å². The monoisotopic (exact) mass is 164 g/mol. The minimum absolute atomic E-state index is 0.140. The van der Waals surface area contributed by atoms with Crippen LogP contribution in [0.2, 0.25) is 0 Å². The molecule has 1 aromatic heterocycles. The van der Waals surface area contributed by atoms with Gasteiger partial charge in [0, 0.05) is 5.56 Å². The number of H-pyrrole nitrogens is 1. The minimum Gasteiger partial charge on any atom is -0.310 e. The van der Waals surface area contributed by atoms with Gasteiger partial charge in [0.25, 0.3) is 0 Å². The van der Waals surface area contributed by atoms with Crippen molar-refractivity contribution in [3.8, 4) is 6.07 Å². The van der Waals surface area contributed by atoms with Crippen LogP contribution in [0.3, 0.4) is 0 Å². The quantitative estimate of drug-likeness (QED) is 0.670. The molecule has 0 aliphatic rings. The standard InChI is InChI=1S/C7H8N4O/c1-5-4-9-11-7(5)10-6(12)2-3-8/h4H,2H2,1H3,(H2,9,10,11,12). The van der Waals surface area contributed by atoms with Gasteiger partial charge in [0.1, 0.15) is 12.2 Å². The Morgan fingerprint density at radius 3 is 3.17 bits per heavy atom. The fourth-order valence-corrected chi connectivity index (χ4v) is 0.728. The Balaban J connectivity index is 2.59. The van der Waals surface area contributed by atoms with Crippen molar-refractivity contribution in [3.63, 3.8) is 0 Å². The molecule has 1 amide bonds. The highest BCUT2D eigenvalue weighted by atomic mass is 16.1. The lowest BCUT2D eigenvalue weighted by molar-refractivity contribution is -0.115. The highest BCUT2D eigenvalue weighted by Crippen LogP contribution is 2.07. The van der Waals surface area contributed by atoms with Crippen molar-refractivity contribution in [1.29, 1.82) is 5.26 Å². The summed E-state index contributed by atoms with van der Waals surface area (Å²) in [4.78, 5) is 10.9. The van der Waals surface area contributed by atoms with Gasteiger partial charge < -0.3 is 5.32 Å². The number of aromatic nitrogens is 2. The van der Waals surface area contributed by atoms with E-state index in [1.807, 2.05) is 6.92 Å². The molecule has 0 spiro atoms. The van der Waals surface area contributed by atoms with Crippen molar-refractivity contribution < 1.29 is 4.79 Å². The molecule has 2 N–H and O–H groups in total. The molecule has 12 heavy (non-hydrogen) atoms. The van der Waals surface area contributed by atoms with Crippen LogP contribution >= 0.6 is 0 Å². The molecule has 0 aliphatic carbocycles. The van der Waals surface area contributed by atoms with Crippen LogP contribution in [0.5, 0.6) is 0 Å². The number of aryl methyl sites for hydroxylation is 1. The number of hydrogen-bond donors (Lipinski definition) is 2. The SMILES string of the molecule is Cc1cn[nH]c1NC(=O)CC#N. The van der Waals surface area contributed by atoms with E-state index in [4.69, 9.17) is 5.26 Å². The number of nitriles is 1. The van der Waals surface area contributed by atoms with Crippen LogP contribution in [0, 0.1) is 18.3 Å². The van der Waals surface area contributed by atoms with Crippen LogP contribution in [0.25, 0.3) is 0 Å². The summed E-state index contributed by atoms with van der Waals surface area (Å²) in [7, 11) is 0. The van der Waals surface area contributed by atoms with Crippen molar-refractivity contribution in [3.05, 3.63) is 11.8 Å². The number of nitrogens with one attached hydrogen (secondary N) is 2. The van der Waals surface area contributed by atoms with E-state index in [2.05, 4.69) is 15.5 Å². The lowest BCUT2D eigenvalue weighted by Crippen LogP contribution is -2.11. The molecule has 5 heteroatoms. The van der Waals surface area contributed by atoms with Gasteiger partial charge in [0.15, 0.2) is 0 Å². The number of nitrogens with zero attached hydrogens (tertiary/aromatic N) is 2. The van der Waals surface area contributed by atoms with E-state index in [0.717, 1.165) is 5.56 Å². The zero-order valence-electron chi connectivity index (χ0n) is 6.59. The summed E-state index contributed by atoms with van der Waals surface area (Å²) < 4.78 is 0. The predicted molar refractivity (Wildman–Crippen MR) is 42.2 cm³/mol. The second-order valence-corrected chi connectivity index (χ2v) is 2.31. The fraction of sp³-hybridized carbons (Fsp3) is 0.286. The van der Waals surface area contributed by atoms with Crippen LogP contribution in [-0.4, -0.2) is 16.1 Å². The first-order chi connectivity index (χ1) is 5.74. The Kier molecular flexibility index (Phi) is 2.43. The first-order valence-corrected chi connectivity index (χ1v) is 3.41. The first kappa shape index (κ1) is 8.27. The maximum Gasteiger partial charge on any atom is 0.239 e. The van der Waals surface area contributed by atoms with Crippen molar-refractivity contribution in [2.24, 2.45) is 0 Å². The van der Waals surface area contributed by atoms with E-state index in [1.165, 1.54) is 0 Å². The Labute approximate surface area is 69.4 Å². The Bertz CT molecular complexity index is 322. The highest BCUT2D eigenvalue weighted by molar-refractivity contribution is 5.91. The predicted octanol–water partition coefficient (Wildman–Crippen LogP) is 0.570. The van der Waals surface area contributed by atoms with Crippen LogP contribution in [0.4, 0.5) is 5.82 Å². The van der Waals surface area contributed by atoms with Crippen molar-refractivity contribution in [1.82, 2.24) is 10.2 Å². The number of aromatic amines is 1. The fourth-order valence-electron chi connectivity index (χ4n) is 0.728. The molecule has 0 bridgehead atoms. The van der Waals surface area contributed by atoms with E-state index < -0.39 is 0 Å². The third-order valence-electron chi connectivity index (χ3n) is 1.33. The zero-order chi connectivity index (χ0) is 8.97. The summed E-state index contributed by atoms with van der Waals surface area (Å²) in [5, 5.41) is 17.0. The van der Waals surface area contributed by atoms with Gasteiger partial charge in [-0.2, -0.15) is 10.4 Å².